The molecular weight excluding hydrogens is 296 g/mol. The average Bonchev–Trinajstić information content (AvgIpc) is 2.72. The van der Waals surface area contributed by atoms with E-state index in [0.717, 1.165) is 24.1 Å². The maximum absolute atomic E-state index is 11.1. The van der Waals surface area contributed by atoms with Gasteiger partial charge in [0.05, 0.1) is 5.56 Å². The number of carboxylic acids is 1. The van der Waals surface area contributed by atoms with E-state index in [0.29, 0.717) is 17.2 Å². The van der Waals surface area contributed by atoms with E-state index in [1.165, 1.54) is 6.42 Å². The van der Waals surface area contributed by atoms with Crippen molar-refractivity contribution in [1.82, 2.24) is 4.90 Å². The quantitative estimate of drug-likeness (QED) is 0.897. The smallest absolute Gasteiger partial charge is 0.337 e. The molecular formula is C13H17BrN2O2. The van der Waals surface area contributed by atoms with Crippen molar-refractivity contribution >= 4 is 27.6 Å². The fourth-order valence-corrected chi connectivity index (χ4v) is 2.66. The highest BCUT2D eigenvalue weighted by molar-refractivity contribution is 9.10. The van der Waals surface area contributed by atoms with E-state index in [-0.39, 0.29) is 0 Å². The van der Waals surface area contributed by atoms with Crippen molar-refractivity contribution in [3.8, 4) is 0 Å². The van der Waals surface area contributed by atoms with Crippen molar-refractivity contribution in [2.75, 3.05) is 32.0 Å². The number of nitrogens with zero attached hydrogens (tertiary/aromatic N) is 1. The summed E-state index contributed by atoms with van der Waals surface area (Å²) in [6.07, 6.45) is 1.17. The van der Waals surface area contributed by atoms with Crippen LogP contribution in [0, 0.1) is 5.92 Å². The molecule has 1 unspecified atom stereocenters. The van der Waals surface area contributed by atoms with E-state index in [2.05, 4.69) is 33.2 Å². The molecule has 0 bridgehead atoms. The summed E-state index contributed by atoms with van der Waals surface area (Å²) in [5.41, 5.74) is 1.01. The first-order chi connectivity index (χ1) is 8.56. The van der Waals surface area contributed by atoms with Gasteiger partial charge >= 0.3 is 5.97 Å². The lowest BCUT2D eigenvalue weighted by molar-refractivity contribution is 0.0698. The number of benzene rings is 1. The number of hydrogen-bond donors (Lipinski definition) is 2. The number of anilines is 1. The second-order valence-electron chi connectivity index (χ2n) is 4.79. The van der Waals surface area contributed by atoms with Gasteiger partial charge in [0.1, 0.15) is 0 Å². The van der Waals surface area contributed by atoms with Crippen molar-refractivity contribution in [2.45, 2.75) is 6.42 Å². The first kappa shape index (κ1) is 13.4. The summed E-state index contributed by atoms with van der Waals surface area (Å²) in [5, 5.41) is 12.4. The second-order valence-corrected chi connectivity index (χ2v) is 5.71. The molecule has 1 heterocycles. The first-order valence-corrected chi connectivity index (χ1v) is 6.81. The van der Waals surface area contributed by atoms with Crippen LogP contribution in [0.5, 0.6) is 0 Å². The third-order valence-corrected chi connectivity index (χ3v) is 3.78. The molecule has 2 rings (SSSR count). The molecule has 98 valence electrons. The lowest BCUT2D eigenvalue weighted by Gasteiger charge is -2.14. The Balaban J connectivity index is 2.04. The second kappa shape index (κ2) is 5.71. The molecule has 1 saturated heterocycles. The topological polar surface area (TPSA) is 52.6 Å². The zero-order chi connectivity index (χ0) is 13.1. The van der Waals surface area contributed by atoms with Gasteiger partial charge < -0.3 is 15.3 Å². The van der Waals surface area contributed by atoms with Gasteiger partial charge in [0, 0.05) is 23.2 Å². The summed E-state index contributed by atoms with van der Waals surface area (Å²) >= 11 is 3.37. The minimum Gasteiger partial charge on any atom is -0.478 e. The van der Waals surface area contributed by atoms with Crippen LogP contribution in [-0.2, 0) is 0 Å². The summed E-state index contributed by atoms with van der Waals surface area (Å²) in [7, 11) is 2.11. The largest absolute Gasteiger partial charge is 0.478 e. The predicted octanol–water partition coefficient (Wildman–Crippen LogP) is 2.51. The Hall–Kier alpha value is -1.07. The lowest BCUT2D eigenvalue weighted by Crippen LogP contribution is -2.20. The minimum absolute atomic E-state index is 0.324. The molecule has 1 fully saturated rings. The molecule has 1 aliphatic heterocycles. The van der Waals surface area contributed by atoms with E-state index >= 15 is 0 Å². The van der Waals surface area contributed by atoms with Crippen LogP contribution < -0.4 is 5.32 Å². The van der Waals surface area contributed by atoms with Gasteiger partial charge in [-0.2, -0.15) is 0 Å². The highest BCUT2D eigenvalue weighted by Gasteiger charge is 2.19. The number of likely N-dealkylation sites (tertiary alicyclic amines) is 1. The highest BCUT2D eigenvalue weighted by atomic mass is 79.9. The minimum atomic E-state index is -0.895. The average molecular weight is 313 g/mol. The molecule has 1 aromatic carbocycles. The molecule has 2 N–H and O–H groups in total. The molecule has 0 amide bonds. The number of carbonyl (C=O) groups is 1. The van der Waals surface area contributed by atoms with E-state index in [1.54, 1.807) is 12.1 Å². The van der Waals surface area contributed by atoms with Gasteiger partial charge in [0.15, 0.2) is 0 Å². The van der Waals surface area contributed by atoms with Crippen LogP contribution in [0.25, 0.3) is 0 Å². The van der Waals surface area contributed by atoms with Crippen molar-refractivity contribution < 1.29 is 9.90 Å². The van der Waals surface area contributed by atoms with Crippen LogP contribution in [0.15, 0.2) is 22.7 Å². The molecule has 0 aromatic heterocycles. The van der Waals surface area contributed by atoms with Crippen molar-refractivity contribution in [3.05, 3.63) is 28.2 Å². The monoisotopic (exact) mass is 312 g/mol. The van der Waals surface area contributed by atoms with Crippen LogP contribution in [0.4, 0.5) is 5.69 Å². The molecule has 0 saturated carbocycles. The third kappa shape index (κ3) is 3.23. The molecule has 1 aliphatic rings. The van der Waals surface area contributed by atoms with Crippen molar-refractivity contribution in [1.29, 1.82) is 0 Å². The van der Waals surface area contributed by atoms with E-state index in [1.807, 2.05) is 6.07 Å². The van der Waals surface area contributed by atoms with Gasteiger partial charge in [-0.05, 0) is 44.1 Å². The van der Waals surface area contributed by atoms with Crippen LogP contribution >= 0.6 is 15.9 Å². The van der Waals surface area contributed by atoms with E-state index in [4.69, 9.17) is 5.11 Å². The van der Waals surface area contributed by atoms with Crippen LogP contribution in [0.2, 0.25) is 0 Å². The Morgan fingerprint density at radius 1 is 1.61 bits per heavy atom. The molecule has 0 radical (unpaired) electrons. The van der Waals surface area contributed by atoms with Gasteiger partial charge in [-0.25, -0.2) is 4.79 Å². The Bertz CT molecular complexity index is 451. The standard InChI is InChI=1S/C13H17BrN2O2/c1-16-5-4-9(8-16)7-15-12-6-10(14)2-3-11(12)13(17)18/h2-3,6,9,15H,4-5,7-8H2,1H3,(H,17,18). The maximum Gasteiger partial charge on any atom is 0.337 e. The highest BCUT2D eigenvalue weighted by Crippen LogP contribution is 2.23. The Morgan fingerprint density at radius 3 is 3.00 bits per heavy atom. The predicted molar refractivity (Wildman–Crippen MR) is 75.2 cm³/mol. The summed E-state index contributed by atoms with van der Waals surface area (Å²) < 4.78 is 0.888. The molecule has 4 nitrogen and oxygen atoms in total. The van der Waals surface area contributed by atoms with Gasteiger partial charge in [-0.1, -0.05) is 15.9 Å². The molecule has 18 heavy (non-hydrogen) atoms. The number of carboxylic acid groups (broad SMARTS) is 1. The molecule has 1 atom stereocenters. The molecule has 1 aromatic rings. The Kier molecular flexibility index (Phi) is 4.24. The SMILES string of the molecule is CN1CCC(CNc2cc(Br)ccc2C(=O)O)C1. The number of rotatable bonds is 4. The molecule has 0 spiro atoms. The number of hydrogen-bond acceptors (Lipinski definition) is 3. The summed E-state index contributed by atoms with van der Waals surface area (Å²) in [5.74, 6) is -0.302. The van der Waals surface area contributed by atoms with E-state index < -0.39 is 5.97 Å². The summed E-state index contributed by atoms with van der Waals surface area (Å²) in [6.45, 7) is 3.01. The van der Waals surface area contributed by atoms with Crippen LogP contribution in [0.1, 0.15) is 16.8 Å². The number of aromatic carboxylic acids is 1. The van der Waals surface area contributed by atoms with Gasteiger partial charge in [-0.3, -0.25) is 0 Å². The Morgan fingerprint density at radius 2 is 2.39 bits per heavy atom. The maximum atomic E-state index is 11.1. The Labute approximate surface area is 115 Å². The van der Waals surface area contributed by atoms with Crippen molar-refractivity contribution in [3.63, 3.8) is 0 Å². The first-order valence-electron chi connectivity index (χ1n) is 6.01. The fourth-order valence-electron chi connectivity index (χ4n) is 2.30. The zero-order valence-corrected chi connectivity index (χ0v) is 11.9. The fraction of sp³-hybridized carbons (Fsp3) is 0.462. The summed E-state index contributed by atoms with van der Waals surface area (Å²) in [6, 6.07) is 5.19. The lowest BCUT2D eigenvalue weighted by atomic mass is 10.1. The van der Waals surface area contributed by atoms with Crippen LogP contribution in [0.3, 0.4) is 0 Å². The zero-order valence-electron chi connectivity index (χ0n) is 10.3. The number of nitrogens with one attached hydrogen (secondary N) is 1. The third-order valence-electron chi connectivity index (χ3n) is 3.28. The van der Waals surface area contributed by atoms with Gasteiger partial charge in [0.25, 0.3) is 0 Å². The van der Waals surface area contributed by atoms with E-state index in [9.17, 15) is 4.79 Å². The number of halogens is 1. The molecule has 0 aliphatic carbocycles. The van der Waals surface area contributed by atoms with Gasteiger partial charge in [-0.15, -0.1) is 0 Å². The van der Waals surface area contributed by atoms with Gasteiger partial charge in [0.2, 0.25) is 0 Å². The molecule has 5 heteroatoms. The normalized spacial score (nSPS) is 20.0. The van der Waals surface area contributed by atoms with Crippen molar-refractivity contribution in [2.24, 2.45) is 5.92 Å². The summed E-state index contributed by atoms with van der Waals surface area (Å²) in [4.78, 5) is 13.4. The van der Waals surface area contributed by atoms with Crippen LogP contribution in [-0.4, -0.2) is 42.7 Å².